The Morgan fingerprint density at radius 2 is 2.00 bits per heavy atom. The highest BCUT2D eigenvalue weighted by atomic mass is 35.5. The molecule has 1 saturated heterocycles. The molecule has 3 aromatic rings. The average Bonchev–Trinajstić information content (AvgIpc) is 3.51. The Bertz CT molecular complexity index is 1320. The number of rotatable bonds is 4. The van der Waals surface area contributed by atoms with E-state index < -0.39 is 11.4 Å². The van der Waals surface area contributed by atoms with Crippen molar-refractivity contribution in [2.75, 3.05) is 18.8 Å². The van der Waals surface area contributed by atoms with Crippen LogP contribution in [0.5, 0.6) is 5.75 Å². The van der Waals surface area contributed by atoms with Gasteiger partial charge >= 0.3 is 6.09 Å². The van der Waals surface area contributed by atoms with Crippen molar-refractivity contribution in [3.63, 3.8) is 0 Å². The van der Waals surface area contributed by atoms with Gasteiger partial charge in [-0.05, 0) is 63.9 Å². The van der Waals surface area contributed by atoms with E-state index in [0.29, 0.717) is 29.4 Å². The van der Waals surface area contributed by atoms with E-state index in [1.165, 1.54) is 18.2 Å². The smallest absolute Gasteiger partial charge is 0.410 e. The van der Waals surface area contributed by atoms with E-state index >= 15 is 0 Å². The van der Waals surface area contributed by atoms with Crippen molar-refractivity contribution in [1.29, 1.82) is 0 Å². The number of carbonyl (C=O) groups excluding carboxylic acids is 1. The Morgan fingerprint density at radius 1 is 1.22 bits per heavy atom. The largest absolute Gasteiger partial charge is 0.485 e. The molecule has 1 amide bonds. The third-order valence-corrected chi connectivity index (χ3v) is 7.07. The number of nitrogens with two attached hydrogens (primary N) is 1. The lowest BCUT2D eigenvalue weighted by molar-refractivity contribution is 0.0284. The number of amides is 1. The second-order valence-corrected chi connectivity index (χ2v) is 10.9. The molecule has 5 rings (SSSR count). The number of hydrogen-bond donors (Lipinski definition) is 1. The normalized spacial score (nSPS) is 19.1. The number of aryl methyl sites for hydroxylation is 1. The number of anilines is 1. The highest BCUT2D eigenvalue weighted by Gasteiger charge is 2.47. The minimum Gasteiger partial charge on any atom is -0.485 e. The number of nitrogens with zero attached hydrogens (tertiary/aromatic N) is 4. The molecule has 1 spiro atoms. The molecular formula is C26H29ClFN5O3. The first-order valence-electron chi connectivity index (χ1n) is 11.9. The van der Waals surface area contributed by atoms with E-state index in [9.17, 15) is 9.18 Å². The minimum atomic E-state index is -0.528. The molecule has 1 fully saturated rings. The number of benzene rings is 1. The molecule has 2 aliphatic heterocycles. The van der Waals surface area contributed by atoms with Crippen molar-refractivity contribution >= 4 is 23.5 Å². The minimum absolute atomic E-state index is 0.0508. The second kappa shape index (κ2) is 8.96. The van der Waals surface area contributed by atoms with Crippen molar-refractivity contribution < 1.29 is 18.7 Å². The third kappa shape index (κ3) is 4.72. The number of carbonyl (C=O) groups is 1. The predicted octanol–water partition coefficient (Wildman–Crippen LogP) is 5.18. The Kier molecular flexibility index (Phi) is 6.06. The average molecular weight is 514 g/mol. The fourth-order valence-corrected chi connectivity index (χ4v) is 5.06. The SMILES string of the molecule is CC(C)(C)OC(=O)N1CC[C@@]2(CCn3nc(-c4cnc(N)c(OCc5cc(F)ccc5Cl)c4)cc32)C1. The molecule has 190 valence electrons. The second-order valence-electron chi connectivity index (χ2n) is 10.5. The fraction of sp³-hybridized carbons (Fsp3) is 0.423. The Hall–Kier alpha value is -3.33. The van der Waals surface area contributed by atoms with Crippen molar-refractivity contribution in [2.45, 2.75) is 57.8 Å². The van der Waals surface area contributed by atoms with E-state index in [1.807, 2.05) is 25.5 Å². The third-order valence-electron chi connectivity index (χ3n) is 6.70. The van der Waals surface area contributed by atoms with E-state index in [0.717, 1.165) is 36.3 Å². The van der Waals surface area contributed by atoms with Crippen LogP contribution in [-0.2, 0) is 23.3 Å². The molecule has 0 radical (unpaired) electrons. The summed E-state index contributed by atoms with van der Waals surface area (Å²) in [7, 11) is 0. The molecule has 0 bridgehead atoms. The van der Waals surface area contributed by atoms with Crippen LogP contribution in [0.1, 0.15) is 44.9 Å². The number of halogens is 2. The summed E-state index contributed by atoms with van der Waals surface area (Å²) in [4.78, 5) is 18.7. The standard InChI is InChI=1S/C26H29ClFN5O3/c1-25(2,3)36-24(34)32-8-6-26(15-32)7-9-33-22(26)12-20(31-33)16-11-21(23(29)30-13-16)35-14-17-10-18(28)4-5-19(17)27/h4-5,10-13H,6-9,14-15H2,1-3H3,(H2,29,30)/t26-/m1/s1. The molecule has 10 heteroatoms. The number of nitrogen functional groups attached to an aromatic ring is 1. The highest BCUT2D eigenvalue weighted by Crippen LogP contribution is 2.44. The first kappa shape index (κ1) is 24.4. The van der Waals surface area contributed by atoms with E-state index in [2.05, 4.69) is 11.1 Å². The zero-order valence-corrected chi connectivity index (χ0v) is 21.3. The topological polar surface area (TPSA) is 95.5 Å². The number of aromatic nitrogens is 3. The van der Waals surface area contributed by atoms with Gasteiger partial charge in [-0.15, -0.1) is 0 Å². The fourth-order valence-electron chi connectivity index (χ4n) is 4.89. The molecule has 2 N–H and O–H groups in total. The zero-order chi connectivity index (χ0) is 25.7. The molecule has 36 heavy (non-hydrogen) atoms. The molecule has 1 aromatic carbocycles. The number of ether oxygens (including phenoxy) is 2. The summed E-state index contributed by atoms with van der Waals surface area (Å²) in [6.07, 6.45) is 3.17. The van der Waals surface area contributed by atoms with Gasteiger partial charge in [0.2, 0.25) is 0 Å². The van der Waals surface area contributed by atoms with Gasteiger partial charge < -0.3 is 20.1 Å². The van der Waals surface area contributed by atoms with E-state index in [1.54, 1.807) is 17.2 Å². The van der Waals surface area contributed by atoms with Crippen molar-refractivity contribution in [3.8, 4) is 17.0 Å². The molecular weight excluding hydrogens is 485 g/mol. The van der Waals surface area contributed by atoms with Crippen LogP contribution in [0.4, 0.5) is 15.0 Å². The molecule has 0 unspecified atom stereocenters. The first-order valence-corrected chi connectivity index (χ1v) is 12.3. The molecule has 2 aromatic heterocycles. The summed E-state index contributed by atoms with van der Waals surface area (Å²) >= 11 is 6.15. The van der Waals surface area contributed by atoms with Crippen molar-refractivity contribution in [2.24, 2.45) is 0 Å². The van der Waals surface area contributed by atoms with Crippen LogP contribution in [0.15, 0.2) is 36.5 Å². The summed E-state index contributed by atoms with van der Waals surface area (Å²) in [5, 5.41) is 5.21. The zero-order valence-electron chi connectivity index (χ0n) is 20.6. The predicted molar refractivity (Wildman–Crippen MR) is 134 cm³/mol. The van der Waals surface area contributed by atoms with Gasteiger partial charge in [0.15, 0.2) is 11.6 Å². The summed E-state index contributed by atoms with van der Waals surface area (Å²) in [5.41, 5.74) is 8.49. The van der Waals surface area contributed by atoms with Crippen LogP contribution in [0.25, 0.3) is 11.3 Å². The first-order chi connectivity index (χ1) is 17.0. The number of likely N-dealkylation sites (tertiary alicyclic amines) is 1. The maximum Gasteiger partial charge on any atom is 0.410 e. The molecule has 1 atom stereocenters. The molecule has 0 saturated carbocycles. The van der Waals surface area contributed by atoms with Gasteiger partial charge in [0.05, 0.1) is 5.69 Å². The van der Waals surface area contributed by atoms with Gasteiger partial charge in [0.1, 0.15) is 18.0 Å². The van der Waals surface area contributed by atoms with Crippen LogP contribution >= 0.6 is 11.6 Å². The Morgan fingerprint density at radius 3 is 2.78 bits per heavy atom. The van der Waals surface area contributed by atoms with Crippen LogP contribution in [0.3, 0.4) is 0 Å². The number of pyridine rings is 1. The Balaban J connectivity index is 1.35. The lowest BCUT2D eigenvalue weighted by Crippen LogP contribution is -2.37. The van der Waals surface area contributed by atoms with Crippen LogP contribution in [-0.4, -0.2) is 44.4 Å². The van der Waals surface area contributed by atoms with Crippen molar-refractivity contribution in [1.82, 2.24) is 19.7 Å². The van der Waals surface area contributed by atoms with E-state index in [-0.39, 0.29) is 23.9 Å². The summed E-state index contributed by atoms with van der Waals surface area (Å²) in [6.45, 7) is 7.71. The molecule has 2 aliphatic rings. The maximum absolute atomic E-state index is 13.6. The molecule has 0 aliphatic carbocycles. The summed E-state index contributed by atoms with van der Waals surface area (Å²) in [6, 6.07) is 7.96. The monoisotopic (exact) mass is 513 g/mol. The van der Waals surface area contributed by atoms with Gasteiger partial charge in [0.25, 0.3) is 0 Å². The number of hydrogen-bond acceptors (Lipinski definition) is 6. The van der Waals surface area contributed by atoms with Gasteiger partial charge in [0, 0.05) is 53.1 Å². The van der Waals surface area contributed by atoms with Crippen molar-refractivity contribution in [3.05, 3.63) is 58.6 Å². The van der Waals surface area contributed by atoms with Gasteiger partial charge in [-0.3, -0.25) is 4.68 Å². The highest BCUT2D eigenvalue weighted by molar-refractivity contribution is 6.31. The quantitative estimate of drug-likeness (QED) is 0.516. The van der Waals surface area contributed by atoms with Gasteiger partial charge in [-0.1, -0.05) is 11.6 Å². The number of fused-ring (bicyclic) bond motifs is 2. The summed E-state index contributed by atoms with van der Waals surface area (Å²) in [5.74, 6) is 0.197. The summed E-state index contributed by atoms with van der Waals surface area (Å²) < 4.78 is 27.0. The Labute approximate surface area is 214 Å². The van der Waals surface area contributed by atoms with Gasteiger partial charge in [-0.2, -0.15) is 5.10 Å². The van der Waals surface area contributed by atoms with Crippen LogP contribution in [0.2, 0.25) is 5.02 Å². The van der Waals surface area contributed by atoms with Crippen LogP contribution < -0.4 is 10.5 Å². The lowest BCUT2D eigenvalue weighted by atomic mass is 9.82. The van der Waals surface area contributed by atoms with E-state index in [4.69, 9.17) is 31.9 Å². The lowest BCUT2D eigenvalue weighted by Gasteiger charge is -2.26. The molecule has 8 nitrogen and oxygen atoms in total. The van der Waals surface area contributed by atoms with Gasteiger partial charge in [-0.25, -0.2) is 14.2 Å². The van der Waals surface area contributed by atoms with Crippen LogP contribution in [0, 0.1) is 5.82 Å². The molecule has 4 heterocycles. The maximum atomic E-state index is 13.6.